The van der Waals surface area contributed by atoms with Crippen LogP contribution < -0.4 is 5.32 Å². The third-order valence-corrected chi connectivity index (χ3v) is 3.93. The van der Waals surface area contributed by atoms with Gasteiger partial charge in [0.25, 0.3) is 11.8 Å². The Hall–Kier alpha value is -4.20. The third-order valence-electron chi connectivity index (χ3n) is 3.93. The maximum atomic E-state index is 12.5. The van der Waals surface area contributed by atoms with Crippen molar-refractivity contribution in [3.63, 3.8) is 0 Å². The molecule has 0 bridgehead atoms. The zero-order valence-electron chi connectivity index (χ0n) is 14.3. The first-order valence-corrected chi connectivity index (χ1v) is 8.23. The van der Waals surface area contributed by atoms with Gasteiger partial charge in [0.05, 0.1) is 17.4 Å². The summed E-state index contributed by atoms with van der Waals surface area (Å²) in [6, 6.07) is 16.2. The van der Waals surface area contributed by atoms with Crippen LogP contribution in [0.25, 0.3) is 23.1 Å². The predicted molar refractivity (Wildman–Crippen MR) is 98.8 cm³/mol. The summed E-state index contributed by atoms with van der Waals surface area (Å²) in [5.74, 6) is -0.750. The minimum absolute atomic E-state index is 0.0679. The van der Waals surface area contributed by atoms with Crippen molar-refractivity contribution in [2.24, 2.45) is 0 Å². The first kappa shape index (κ1) is 17.2. The fourth-order valence-corrected chi connectivity index (χ4v) is 2.64. The molecule has 1 amide bonds. The van der Waals surface area contributed by atoms with Crippen LogP contribution in [0.3, 0.4) is 0 Å². The molecule has 0 fully saturated rings. The summed E-state index contributed by atoms with van der Waals surface area (Å²) in [5.41, 5.74) is 1.05. The molecule has 0 unspecified atom stereocenters. The van der Waals surface area contributed by atoms with Gasteiger partial charge >= 0.3 is 5.97 Å². The van der Waals surface area contributed by atoms with E-state index in [4.69, 9.17) is 8.83 Å². The Labute approximate surface area is 158 Å². The smallest absolute Gasteiger partial charge is 0.336 e. The molecular weight excluding hydrogens is 362 g/mol. The zero-order valence-corrected chi connectivity index (χ0v) is 14.3. The van der Waals surface area contributed by atoms with E-state index >= 15 is 0 Å². The molecule has 8 nitrogen and oxygen atoms in total. The van der Waals surface area contributed by atoms with Gasteiger partial charge in [-0.3, -0.25) is 4.79 Å². The van der Waals surface area contributed by atoms with Gasteiger partial charge in [-0.2, -0.15) is 0 Å². The van der Waals surface area contributed by atoms with E-state index < -0.39 is 11.9 Å². The van der Waals surface area contributed by atoms with Crippen LogP contribution in [0.4, 0.5) is 5.69 Å². The van der Waals surface area contributed by atoms with Gasteiger partial charge < -0.3 is 19.3 Å². The Morgan fingerprint density at radius 3 is 2.43 bits per heavy atom. The molecule has 0 aliphatic carbocycles. The molecule has 2 aromatic heterocycles. The summed E-state index contributed by atoms with van der Waals surface area (Å²) in [7, 11) is 0. The van der Waals surface area contributed by atoms with E-state index in [9.17, 15) is 14.7 Å². The van der Waals surface area contributed by atoms with E-state index in [1.807, 2.05) is 0 Å². The van der Waals surface area contributed by atoms with Gasteiger partial charge in [0.15, 0.2) is 5.76 Å². The molecule has 2 aromatic carbocycles. The number of carboxylic acids is 1. The van der Waals surface area contributed by atoms with Gasteiger partial charge in [0, 0.05) is 11.3 Å². The van der Waals surface area contributed by atoms with Crippen LogP contribution in [0.2, 0.25) is 0 Å². The summed E-state index contributed by atoms with van der Waals surface area (Å²) >= 11 is 0. The summed E-state index contributed by atoms with van der Waals surface area (Å²) in [5, 5.41) is 19.9. The number of hydrogen-bond donors (Lipinski definition) is 2. The van der Waals surface area contributed by atoms with Crippen LogP contribution in [0, 0.1) is 0 Å². The highest BCUT2D eigenvalue weighted by molar-refractivity contribution is 6.10. The second-order valence-corrected chi connectivity index (χ2v) is 5.78. The lowest BCUT2D eigenvalue weighted by atomic mass is 10.1. The Bertz CT molecular complexity index is 1150. The molecule has 8 heteroatoms. The number of carbonyl (C=O) groups is 2. The molecule has 2 heterocycles. The zero-order chi connectivity index (χ0) is 19.5. The number of amides is 1. The van der Waals surface area contributed by atoms with Gasteiger partial charge in [0.1, 0.15) is 0 Å². The molecular formula is C20H13N3O5. The molecule has 2 N–H and O–H groups in total. The quantitative estimate of drug-likeness (QED) is 0.542. The Balaban J connectivity index is 1.58. The number of rotatable bonds is 5. The highest BCUT2D eigenvalue weighted by atomic mass is 16.4. The van der Waals surface area contributed by atoms with Gasteiger partial charge in [-0.05, 0) is 42.5 Å². The fourth-order valence-electron chi connectivity index (χ4n) is 2.64. The number of hydrogen-bond acceptors (Lipinski definition) is 6. The molecule has 0 aliphatic heterocycles. The minimum atomic E-state index is -1.17. The van der Waals surface area contributed by atoms with Crippen LogP contribution in [0.1, 0.15) is 20.7 Å². The molecule has 0 saturated heterocycles. The monoisotopic (exact) mass is 375 g/mol. The number of nitrogens with one attached hydrogen (secondary N) is 1. The van der Waals surface area contributed by atoms with E-state index in [2.05, 4.69) is 15.5 Å². The van der Waals surface area contributed by atoms with E-state index in [0.29, 0.717) is 17.0 Å². The predicted octanol–water partition coefficient (Wildman–Crippen LogP) is 3.95. The molecule has 0 spiro atoms. The number of benzene rings is 2. The molecule has 4 aromatic rings. The lowest BCUT2D eigenvalue weighted by Gasteiger charge is -2.08. The fraction of sp³-hybridized carbons (Fsp3) is 0. The van der Waals surface area contributed by atoms with Crippen LogP contribution in [0.5, 0.6) is 0 Å². The van der Waals surface area contributed by atoms with Crippen molar-refractivity contribution in [2.75, 3.05) is 5.32 Å². The molecule has 0 saturated carbocycles. The van der Waals surface area contributed by atoms with Gasteiger partial charge in [-0.25, -0.2) is 4.79 Å². The highest BCUT2D eigenvalue weighted by Gasteiger charge is 2.17. The first-order valence-electron chi connectivity index (χ1n) is 8.23. The van der Waals surface area contributed by atoms with Gasteiger partial charge in [-0.1, -0.05) is 18.2 Å². The molecule has 138 valence electrons. The molecule has 28 heavy (non-hydrogen) atoms. The van der Waals surface area contributed by atoms with Crippen LogP contribution >= 0.6 is 0 Å². The number of carbonyl (C=O) groups excluding carboxylic acids is 1. The summed E-state index contributed by atoms with van der Waals surface area (Å²) in [4.78, 5) is 23.8. The van der Waals surface area contributed by atoms with Gasteiger partial charge in [0.2, 0.25) is 5.89 Å². The van der Waals surface area contributed by atoms with Crippen molar-refractivity contribution < 1.29 is 23.5 Å². The molecule has 0 radical (unpaired) electrons. The number of anilines is 1. The van der Waals surface area contributed by atoms with E-state index in [1.165, 1.54) is 18.4 Å². The number of furan rings is 1. The second kappa shape index (κ2) is 7.20. The Morgan fingerprint density at radius 2 is 1.68 bits per heavy atom. The van der Waals surface area contributed by atoms with E-state index in [1.54, 1.807) is 48.5 Å². The van der Waals surface area contributed by atoms with Crippen molar-refractivity contribution >= 4 is 17.6 Å². The lowest BCUT2D eigenvalue weighted by molar-refractivity contribution is 0.0692. The number of aromatic carboxylic acids is 1. The minimum Gasteiger partial charge on any atom is -0.478 e. The third kappa shape index (κ3) is 3.38. The van der Waals surface area contributed by atoms with Crippen molar-refractivity contribution in [2.45, 2.75) is 0 Å². The summed E-state index contributed by atoms with van der Waals surface area (Å²) in [6.45, 7) is 0. The SMILES string of the molecule is O=C(O)c1ccccc1C(=O)Nc1cccc(-c2nnc(-c3ccco3)o2)c1. The number of carboxylic acid groups (broad SMARTS) is 1. The average molecular weight is 375 g/mol. The van der Waals surface area contributed by atoms with E-state index in [0.717, 1.165) is 0 Å². The summed E-state index contributed by atoms with van der Waals surface area (Å²) < 4.78 is 10.8. The van der Waals surface area contributed by atoms with Gasteiger partial charge in [-0.15, -0.1) is 10.2 Å². The standard InChI is InChI=1S/C20H13N3O5/c24-17(14-7-1-2-8-15(14)20(25)26)21-13-6-3-5-12(11-13)18-22-23-19(28-18)16-9-4-10-27-16/h1-11H,(H,21,24)(H,25,26). The normalized spacial score (nSPS) is 10.6. The Morgan fingerprint density at radius 1 is 0.893 bits per heavy atom. The van der Waals surface area contributed by atoms with E-state index in [-0.39, 0.29) is 22.9 Å². The van der Waals surface area contributed by atoms with Crippen LogP contribution in [-0.2, 0) is 0 Å². The van der Waals surface area contributed by atoms with Crippen molar-refractivity contribution in [1.82, 2.24) is 10.2 Å². The maximum absolute atomic E-state index is 12.5. The van der Waals surface area contributed by atoms with Crippen molar-refractivity contribution in [3.05, 3.63) is 78.1 Å². The first-order chi connectivity index (χ1) is 13.6. The average Bonchev–Trinajstić information content (AvgIpc) is 3.40. The molecule has 0 atom stereocenters. The molecule has 4 rings (SSSR count). The lowest BCUT2D eigenvalue weighted by Crippen LogP contribution is -2.16. The highest BCUT2D eigenvalue weighted by Crippen LogP contribution is 2.26. The van der Waals surface area contributed by atoms with Crippen LogP contribution in [-0.4, -0.2) is 27.2 Å². The molecule has 0 aliphatic rings. The maximum Gasteiger partial charge on any atom is 0.336 e. The van der Waals surface area contributed by atoms with Crippen molar-refractivity contribution in [3.8, 4) is 23.1 Å². The van der Waals surface area contributed by atoms with Crippen LogP contribution in [0.15, 0.2) is 75.8 Å². The summed E-state index contributed by atoms with van der Waals surface area (Å²) in [6.07, 6.45) is 1.50. The second-order valence-electron chi connectivity index (χ2n) is 5.78. The largest absolute Gasteiger partial charge is 0.478 e. The Kier molecular flexibility index (Phi) is 4.43. The number of aromatic nitrogens is 2. The number of nitrogens with zero attached hydrogens (tertiary/aromatic N) is 2. The topological polar surface area (TPSA) is 118 Å². The van der Waals surface area contributed by atoms with Crippen molar-refractivity contribution in [1.29, 1.82) is 0 Å².